The van der Waals surface area contributed by atoms with Gasteiger partial charge in [0, 0.05) is 18.0 Å². The molecule has 1 saturated heterocycles. The zero-order chi connectivity index (χ0) is 15.9. The predicted octanol–water partition coefficient (Wildman–Crippen LogP) is 3.54. The molecule has 1 unspecified atom stereocenters. The van der Waals surface area contributed by atoms with Crippen molar-refractivity contribution in [1.82, 2.24) is 5.32 Å². The summed E-state index contributed by atoms with van der Waals surface area (Å²) >= 11 is 3.91. The van der Waals surface area contributed by atoms with Crippen molar-refractivity contribution in [3.8, 4) is 0 Å². The number of aliphatic carboxylic acids is 1. The van der Waals surface area contributed by atoms with E-state index in [0.717, 1.165) is 0 Å². The molecule has 22 heavy (non-hydrogen) atoms. The van der Waals surface area contributed by atoms with Gasteiger partial charge in [0.1, 0.15) is 0 Å². The van der Waals surface area contributed by atoms with Crippen LogP contribution in [-0.2, 0) is 4.79 Å². The zero-order valence-corrected chi connectivity index (χ0v) is 14.2. The molecule has 0 bridgehead atoms. The molecule has 2 N–H and O–H groups in total. The van der Waals surface area contributed by atoms with Crippen LogP contribution < -0.4 is 5.32 Å². The second kappa shape index (κ2) is 8.48. The van der Waals surface area contributed by atoms with E-state index in [1.54, 1.807) is 0 Å². The molecular formula is C16H21NO3S2. The molecule has 6 heteroatoms. The van der Waals surface area contributed by atoms with E-state index < -0.39 is 5.97 Å². The molecule has 1 aliphatic heterocycles. The lowest BCUT2D eigenvalue weighted by Gasteiger charge is -2.21. The van der Waals surface area contributed by atoms with Gasteiger partial charge in [-0.25, -0.2) is 0 Å². The molecule has 0 radical (unpaired) electrons. The van der Waals surface area contributed by atoms with Crippen LogP contribution in [0.1, 0.15) is 46.7 Å². The molecule has 4 nitrogen and oxygen atoms in total. The second-order valence-corrected chi connectivity index (χ2v) is 8.08. The number of carbonyl (C=O) groups excluding carboxylic acids is 1. The summed E-state index contributed by atoms with van der Waals surface area (Å²) in [5.41, 5.74) is 1.88. The number of hydrogen-bond acceptors (Lipinski definition) is 4. The summed E-state index contributed by atoms with van der Waals surface area (Å²) in [4.78, 5) is 22.6. The van der Waals surface area contributed by atoms with Crippen molar-refractivity contribution in [1.29, 1.82) is 0 Å². The first-order chi connectivity index (χ1) is 10.6. The fourth-order valence-electron chi connectivity index (χ4n) is 2.19. The Morgan fingerprint density at radius 3 is 2.50 bits per heavy atom. The second-order valence-electron chi connectivity index (χ2n) is 5.36. The molecule has 120 valence electrons. The van der Waals surface area contributed by atoms with Gasteiger partial charge >= 0.3 is 5.97 Å². The highest BCUT2D eigenvalue weighted by molar-refractivity contribution is 8.16. The van der Waals surface area contributed by atoms with E-state index in [1.165, 1.54) is 23.5 Å². The molecule has 0 spiro atoms. The largest absolute Gasteiger partial charge is 0.481 e. The Labute approximate surface area is 139 Å². The van der Waals surface area contributed by atoms with Crippen molar-refractivity contribution in [2.24, 2.45) is 0 Å². The first-order valence-corrected chi connectivity index (χ1v) is 9.52. The lowest BCUT2D eigenvalue weighted by Crippen LogP contribution is -2.32. The topological polar surface area (TPSA) is 66.4 Å². The Bertz CT molecular complexity index is 513. The van der Waals surface area contributed by atoms with Gasteiger partial charge in [-0.15, -0.1) is 23.5 Å². The van der Waals surface area contributed by atoms with Gasteiger partial charge in [0.15, 0.2) is 0 Å². The van der Waals surface area contributed by atoms with Gasteiger partial charge in [0.05, 0.1) is 4.58 Å². The highest BCUT2D eigenvalue weighted by Crippen LogP contribution is 2.43. The minimum Gasteiger partial charge on any atom is -0.481 e. The van der Waals surface area contributed by atoms with Crippen LogP contribution in [0.5, 0.6) is 0 Å². The van der Waals surface area contributed by atoms with Gasteiger partial charge in [-0.2, -0.15) is 0 Å². The third kappa shape index (κ3) is 5.25. The van der Waals surface area contributed by atoms with Crippen LogP contribution in [0.3, 0.4) is 0 Å². The number of carboxylic acid groups (broad SMARTS) is 1. The summed E-state index contributed by atoms with van der Waals surface area (Å²) in [7, 11) is 0. The van der Waals surface area contributed by atoms with Gasteiger partial charge in [0.25, 0.3) is 5.91 Å². The van der Waals surface area contributed by atoms with Crippen LogP contribution >= 0.6 is 23.5 Å². The average Bonchev–Trinajstić information content (AvgIpc) is 2.54. The smallest absolute Gasteiger partial charge is 0.303 e. The summed E-state index contributed by atoms with van der Waals surface area (Å²) in [6.07, 6.45) is 1.77. The van der Waals surface area contributed by atoms with Crippen molar-refractivity contribution < 1.29 is 14.7 Å². The SMILES string of the molecule is CC(CCC(=O)O)NC(=O)c1ccc(C2SCCCS2)cc1. The molecule has 1 fully saturated rings. The number of benzene rings is 1. The number of thioether (sulfide) groups is 2. The Balaban J connectivity index is 1.89. The summed E-state index contributed by atoms with van der Waals surface area (Å²) in [5, 5.41) is 11.5. The van der Waals surface area contributed by atoms with E-state index in [-0.39, 0.29) is 18.4 Å². The van der Waals surface area contributed by atoms with Crippen LogP contribution in [0.2, 0.25) is 0 Å². The highest BCUT2D eigenvalue weighted by atomic mass is 32.2. The molecule has 2 rings (SSSR count). The molecular weight excluding hydrogens is 318 g/mol. The summed E-state index contributed by atoms with van der Waals surface area (Å²) in [6.45, 7) is 1.82. The number of carboxylic acids is 1. The molecule has 1 aliphatic rings. The minimum atomic E-state index is -0.840. The average molecular weight is 339 g/mol. The number of nitrogens with one attached hydrogen (secondary N) is 1. The maximum atomic E-state index is 12.1. The number of rotatable bonds is 6. The van der Waals surface area contributed by atoms with Crippen LogP contribution in [0.4, 0.5) is 0 Å². The van der Waals surface area contributed by atoms with E-state index >= 15 is 0 Å². The number of amides is 1. The van der Waals surface area contributed by atoms with Crippen molar-refractivity contribution in [3.63, 3.8) is 0 Å². The van der Waals surface area contributed by atoms with E-state index in [9.17, 15) is 9.59 Å². The maximum absolute atomic E-state index is 12.1. The molecule has 1 atom stereocenters. The Kier molecular flexibility index (Phi) is 6.64. The molecule has 1 aromatic rings. The fourth-order valence-corrected chi connectivity index (χ4v) is 5.09. The Hall–Kier alpha value is -1.14. The fraction of sp³-hybridized carbons (Fsp3) is 0.500. The van der Waals surface area contributed by atoms with Crippen LogP contribution in [0.25, 0.3) is 0 Å². The van der Waals surface area contributed by atoms with Gasteiger partial charge in [-0.3, -0.25) is 9.59 Å². The molecule has 0 aromatic heterocycles. The number of hydrogen-bond donors (Lipinski definition) is 2. The summed E-state index contributed by atoms with van der Waals surface area (Å²) in [6, 6.07) is 7.60. The van der Waals surface area contributed by atoms with Crippen molar-refractivity contribution in [3.05, 3.63) is 35.4 Å². The third-order valence-corrected chi connectivity index (χ3v) is 6.46. The van der Waals surface area contributed by atoms with Gasteiger partial charge < -0.3 is 10.4 Å². The lowest BCUT2D eigenvalue weighted by atomic mass is 10.1. The zero-order valence-electron chi connectivity index (χ0n) is 12.6. The van der Waals surface area contributed by atoms with Gasteiger partial charge in [-0.1, -0.05) is 12.1 Å². The van der Waals surface area contributed by atoms with E-state index in [2.05, 4.69) is 5.32 Å². The van der Waals surface area contributed by atoms with Crippen molar-refractivity contribution in [2.75, 3.05) is 11.5 Å². The Morgan fingerprint density at radius 1 is 1.27 bits per heavy atom. The number of carbonyl (C=O) groups is 2. The monoisotopic (exact) mass is 339 g/mol. The quantitative estimate of drug-likeness (QED) is 0.830. The van der Waals surface area contributed by atoms with Gasteiger partial charge in [-0.05, 0) is 49.0 Å². The predicted molar refractivity (Wildman–Crippen MR) is 92.5 cm³/mol. The molecule has 0 aliphatic carbocycles. The Morgan fingerprint density at radius 2 is 1.91 bits per heavy atom. The van der Waals surface area contributed by atoms with Crippen LogP contribution in [0.15, 0.2) is 24.3 Å². The molecule has 1 amide bonds. The van der Waals surface area contributed by atoms with Crippen LogP contribution in [-0.4, -0.2) is 34.5 Å². The molecule has 0 saturated carbocycles. The van der Waals surface area contributed by atoms with Crippen molar-refractivity contribution >= 4 is 35.4 Å². The standard InChI is InChI=1S/C16H21NO3S2/c1-11(3-8-14(18)19)17-15(20)12-4-6-13(7-5-12)16-21-9-2-10-22-16/h4-7,11,16H,2-3,8-10H2,1H3,(H,17,20)(H,18,19). The third-order valence-electron chi connectivity index (χ3n) is 3.44. The lowest BCUT2D eigenvalue weighted by molar-refractivity contribution is -0.137. The van der Waals surface area contributed by atoms with Crippen LogP contribution in [0, 0.1) is 0 Å². The first-order valence-electron chi connectivity index (χ1n) is 7.42. The maximum Gasteiger partial charge on any atom is 0.303 e. The minimum absolute atomic E-state index is 0.0660. The normalized spacial score (nSPS) is 17.0. The highest BCUT2D eigenvalue weighted by Gasteiger charge is 2.17. The summed E-state index contributed by atoms with van der Waals surface area (Å²) < 4.78 is 0.473. The van der Waals surface area contributed by atoms with E-state index in [4.69, 9.17) is 5.11 Å². The first kappa shape index (κ1) is 17.2. The van der Waals surface area contributed by atoms with E-state index in [0.29, 0.717) is 16.6 Å². The molecule has 1 aromatic carbocycles. The van der Waals surface area contributed by atoms with Gasteiger partial charge in [0.2, 0.25) is 0 Å². The summed E-state index contributed by atoms with van der Waals surface area (Å²) in [5.74, 6) is 1.41. The molecule has 1 heterocycles. The van der Waals surface area contributed by atoms with E-state index in [1.807, 2.05) is 54.7 Å². The van der Waals surface area contributed by atoms with Crippen molar-refractivity contribution in [2.45, 2.75) is 36.8 Å².